The first-order chi connectivity index (χ1) is 17.9. The molecule has 0 heterocycles. The average Bonchev–Trinajstić information content (AvgIpc) is 2.92. The van der Waals surface area contributed by atoms with Crippen molar-refractivity contribution < 1.29 is 19.1 Å². The minimum Gasteiger partial charge on any atom is -0.459 e. The summed E-state index contributed by atoms with van der Waals surface area (Å²) in [6.07, 6.45) is 7.58. The maximum absolute atomic E-state index is 12.5. The van der Waals surface area contributed by atoms with Crippen LogP contribution in [0.2, 0.25) is 0 Å². The van der Waals surface area contributed by atoms with Crippen LogP contribution in [0, 0.1) is 5.92 Å². The van der Waals surface area contributed by atoms with Gasteiger partial charge >= 0.3 is 11.9 Å². The van der Waals surface area contributed by atoms with Crippen molar-refractivity contribution in [2.24, 2.45) is 5.92 Å². The quantitative estimate of drug-likeness (QED) is 0.134. The number of esters is 2. The maximum atomic E-state index is 12.5. The predicted octanol–water partition coefficient (Wildman–Crippen LogP) is 8.68. The molecule has 196 valence electrons. The Morgan fingerprint density at radius 1 is 0.703 bits per heavy atom. The van der Waals surface area contributed by atoms with Crippen LogP contribution in [-0.2, 0) is 11.2 Å². The molecule has 3 aromatic carbocycles. The Hall–Kier alpha value is -3.40. The van der Waals surface area contributed by atoms with Gasteiger partial charge in [-0.15, -0.1) is 0 Å². The van der Waals surface area contributed by atoms with Gasteiger partial charge in [-0.3, -0.25) is 0 Å². The minimum atomic E-state index is -0.367. The third-order valence-corrected chi connectivity index (χ3v) is 6.91. The molecule has 0 aliphatic heterocycles. The number of ether oxygens (including phenoxy) is 2. The lowest BCUT2D eigenvalue weighted by Crippen LogP contribution is -2.18. The SMILES string of the molecule is CCCCCc1ccc(C(=O)Oc2ccc(-c3ccc(C(=O)O[C@H](C)CC(CC)CC)cc3)cc2)cc1. The molecular formula is C33H40O4. The van der Waals surface area contributed by atoms with Crippen molar-refractivity contribution in [1.82, 2.24) is 0 Å². The van der Waals surface area contributed by atoms with E-state index in [1.807, 2.05) is 55.5 Å². The monoisotopic (exact) mass is 500 g/mol. The van der Waals surface area contributed by atoms with E-state index in [1.165, 1.54) is 18.4 Å². The molecule has 0 bridgehead atoms. The molecule has 0 unspecified atom stereocenters. The maximum Gasteiger partial charge on any atom is 0.343 e. The Balaban J connectivity index is 1.55. The molecule has 0 aliphatic carbocycles. The van der Waals surface area contributed by atoms with E-state index in [-0.39, 0.29) is 18.0 Å². The van der Waals surface area contributed by atoms with Gasteiger partial charge in [-0.25, -0.2) is 9.59 Å². The van der Waals surface area contributed by atoms with E-state index >= 15 is 0 Å². The second-order valence-electron chi connectivity index (χ2n) is 9.78. The number of carbonyl (C=O) groups excluding carboxylic acids is 2. The van der Waals surface area contributed by atoms with Crippen LogP contribution < -0.4 is 4.74 Å². The van der Waals surface area contributed by atoms with Gasteiger partial charge in [-0.1, -0.05) is 82.9 Å². The van der Waals surface area contributed by atoms with Crippen molar-refractivity contribution in [3.05, 3.63) is 89.5 Å². The van der Waals surface area contributed by atoms with Gasteiger partial charge in [0.15, 0.2) is 0 Å². The first-order valence-corrected chi connectivity index (χ1v) is 13.7. The van der Waals surface area contributed by atoms with Gasteiger partial charge in [0.2, 0.25) is 0 Å². The summed E-state index contributed by atoms with van der Waals surface area (Å²) in [6.45, 7) is 8.50. The molecular weight excluding hydrogens is 460 g/mol. The lowest BCUT2D eigenvalue weighted by molar-refractivity contribution is 0.0285. The van der Waals surface area contributed by atoms with Crippen LogP contribution >= 0.6 is 0 Å². The average molecular weight is 501 g/mol. The molecule has 0 fully saturated rings. The summed E-state index contributed by atoms with van der Waals surface area (Å²) in [5, 5.41) is 0. The second-order valence-corrected chi connectivity index (χ2v) is 9.78. The van der Waals surface area contributed by atoms with Crippen LogP contribution in [-0.4, -0.2) is 18.0 Å². The molecule has 0 saturated heterocycles. The summed E-state index contributed by atoms with van der Waals surface area (Å²) in [6, 6.07) is 22.5. The van der Waals surface area contributed by atoms with Gasteiger partial charge in [-0.05, 0) is 85.2 Å². The summed E-state index contributed by atoms with van der Waals surface area (Å²) in [7, 11) is 0. The van der Waals surface area contributed by atoms with E-state index in [4.69, 9.17) is 9.47 Å². The Labute approximate surface area is 222 Å². The number of unbranched alkanes of at least 4 members (excludes halogenated alkanes) is 2. The molecule has 3 aromatic rings. The van der Waals surface area contributed by atoms with E-state index < -0.39 is 0 Å². The number of hydrogen-bond donors (Lipinski definition) is 0. The zero-order valence-electron chi connectivity index (χ0n) is 22.7. The number of hydrogen-bond acceptors (Lipinski definition) is 4. The summed E-state index contributed by atoms with van der Waals surface area (Å²) in [5.74, 6) is 0.413. The summed E-state index contributed by atoms with van der Waals surface area (Å²) < 4.78 is 11.2. The highest BCUT2D eigenvalue weighted by Crippen LogP contribution is 2.24. The highest BCUT2D eigenvalue weighted by molar-refractivity contribution is 5.91. The standard InChI is InChI=1S/C33H40O4/c1-5-8-9-10-26-11-13-29(14-12-26)33(35)37-31-21-19-28(20-22-31)27-15-17-30(18-16-27)32(34)36-24(4)23-25(6-2)7-3/h11-22,24-25H,5-10,23H2,1-4H3/t24-/m1/s1. The Morgan fingerprint density at radius 3 is 1.81 bits per heavy atom. The molecule has 37 heavy (non-hydrogen) atoms. The fraction of sp³-hybridized carbons (Fsp3) is 0.394. The van der Waals surface area contributed by atoms with E-state index in [0.717, 1.165) is 43.2 Å². The molecule has 0 aromatic heterocycles. The molecule has 0 radical (unpaired) electrons. The second kappa shape index (κ2) is 14.4. The van der Waals surface area contributed by atoms with E-state index in [1.54, 1.807) is 24.3 Å². The van der Waals surface area contributed by atoms with E-state index in [0.29, 0.717) is 22.8 Å². The van der Waals surface area contributed by atoms with Gasteiger partial charge in [-0.2, -0.15) is 0 Å². The zero-order chi connectivity index (χ0) is 26.6. The van der Waals surface area contributed by atoms with Crippen LogP contribution in [0.5, 0.6) is 5.75 Å². The molecule has 0 amide bonds. The topological polar surface area (TPSA) is 52.6 Å². The van der Waals surface area contributed by atoms with Crippen LogP contribution in [0.1, 0.15) is 92.5 Å². The molecule has 0 saturated carbocycles. The Kier molecular flexibility index (Phi) is 10.9. The van der Waals surface area contributed by atoms with Crippen molar-refractivity contribution in [3.63, 3.8) is 0 Å². The molecule has 1 atom stereocenters. The lowest BCUT2D eigenvalue weighted by atomic mass is 9.97. The summed E-state index contributed by atoms with van der Waals surface area (Å²) >= 11 is 0. The van der Waals surface area contributed by atoms with Crippen LogP contribution in [0.4, 0.5) is 0 Å². The Morgan fingerprint density at radius 2 is 1.24 bits per heavy atom. The number of rotatable bonds is 13. The van der Waals surface area contributed by atoms with E-state index in [9.17, 15) is 9.59 Å². The van der Waals surface area contributed by atoms with Crippen molar-refractivity contribution >= 4 is 11.9 Å². The van der Waals surface area contributed by atoms with E-state index in [2.05, 4.69) is 20.8 Å². The fourth-order valence-electron chi connectivity index (χ4n) is 4.46. The van der Waals surface area contributed by atoms with Crippen LogP contribution in [0.25, 0.3) is 11.1 Å². The Bertz CT molecular complexity index is 1110. The van der Waals surface area contributed by atoms with Gasteiger partial charge in [0.25, 0.3) is 0 Å². The normalized spacial score (nSPS) is 11.8. The smallest absolute Gasteiger partial charge is 0.343 e. The molecule has 4 heteroatoms. The number of carbonyl (C=O) groups is 2. The van der Waals surface area contributed by atoms with Crippen molar-refractivity contribution in [2.75, 3.05) is 0 Å². The third kappa shape index (κ3) is 8.59. The van der Waals surface area contributed by atoms with Crippen LogP contribution in [0.3, 0.4) is 0 Å². The summed E-state index contributed by atoms with van der Waals surface area (Å²) in [4.78, 5) is 25.1. The van der Waals surface area contributed by atoms with Crippen LogP contribution in [0.15, 0.2) is 72.8 Å². The van der Waals surface area contributed by atoms with Crippen molar-refractivity contribution in [1.29, 1.82) is 0 Å². The minimum absolute atomic E-state index is 0.101. The summed E-state index contributed by atoms with van der Waals surface area (Å²) in [5.41, 5.74) is 4.27. The first-order valence-electron chi connectivity index (χ1n) is 13.7. The molecule has 4 nitrogen and oxygen atoms in total. The third-order valence-electron chi connectivity index (χ3n) is 6.91. The van der Waals surface area contributed by atoms with Gasteiger partial charge < -0.3 is 9.47 Å². The van der Waals surface area contributed by atoms with Crippen molar-refractivity contribution in [2.45, 2.75) is 78.7 Å². The highest BCUT2D eigenvalue weighted by atomic mass is 16.5. The predicted molar refractivity (Wildman–Crippen MR) is 150 cm³/mol. The first kappa shape index (κ1) is 28.2. The van der Waals surface area contributed by atoms with Gasteiger partial charge in [0.05, 0.1) is 17.2 Å². The zero-order valence-corrected chi connectivity index (χ0v) is 22.7. The molecule has 0 aliphatic rings. The number of aryl methyl sites for hydroxylation is 1. The lowest BCUT2D eigenvalue weighted by Gasteiger charge is -2.18. The fourth-order valence-corrected chi connectivity index (χ4v) is 4.46. The number of benzene rings is 3. The largest absolute Gasteiger partial charge is 0.459 e. The molecule has 3 rings (SSSR count). The van der Waals surface area contributed by atoms with Crippen molar-refractivity contribution in [3.8, 4) is 16.9 Å². The van der Waals surface area contributed by atoms with Gasteiger partial charge in [0.1, 0.15) is 5.75 Å². The molecule has 0 spiro atoms. The molecule has 0 N–H and O–H groups in total. The highest BCUT2D eigenvalue weighted by Gasteiger charge is 2.16. The van der Waals surface area contributed by atoms with Gasteiger partial charge in [0, 0.05) is 0 Å².